The van der Waals surface area contributed by atoms with Crippen LogP contribution >= 0.6 is 0 Å². The Balaban J connectivity index is 1.92. The lowest BCUT2D eigenvalue weighted by molar-refractivity contribution is 0.0950. The topological polar surface area (TPSA) is 83.7 Å². The minimum Gasteiger partial charge on any atom is -0.506 e. The zero-order valence-corrected chi connectivity index (χ0v) is 16.8. The van der Waals surface area contributed by atoms with E-state index in [0.29, 0.717) is 23.0 Å². The van der Waals surface area contributed by atoms with Gasteiger partial charge in [-0.2, -0.15) is 5.10 Å². The number of benzene rings is 2. The van der Waals surface area contributed by atoms with Gasteiger partial charge < -0.3 is 9.67 Å². The molecule has 0 spiro atoms. The highest BCUT2D eigenvalue weighted by Crippen LogP contribution is 2.26. The average Bonchev–Trinajstić information content (AvgIpc) is 2.73. The summed E-state index contributed by atoms with van der Waals surface area (Å²) in [5.74, 6) is -1.62. The number of unbranched alkanes of at least 4 members (excludes halogenated alkanes) is 3. The molecule has 0 unspecified atom stereocenters. The molecule has 0 saturated carbocycles. The number of halogens is 1. The molecule has 7 heteroatoms. The van der Waals surface area contributed by atoms with Crippen LogP contribution in [0.25, 0.3) is 10.9 Å². The van der Waals surface area contributed by atoms with Crippen molar-refractivity contribution in [2.24, 2.45) is 5.10 Å². The van der Waals surface area contributed by atoms with Crippen LogP contribution in [0.5, 0.6) is 5.75 Å². The molecule has 1 amide bonds. The fourth-order valence-corrected chi connectivity index (χ4v) is 3.32. The SMILES string of the molecule is CCCCCCn1c(=O)c(C(=O)N/N=C/c2cccc(F)c2)c(O)c2ccccc21. The third-order valence-corrected chi connectivity index (χ3v) is 4.84. The van der Waals surface area contributed by atoms with Crippen molar-refractivity contribution in [1.82, 2.24) is 9.99 Å². The van der Waals surface area contributed by atoms with Gasteiger partial charge in [0.05, 0.1) is 11.7 Å². The number of para-hydroxylation sites is 1. The fourth-order valence-electron chi connectivity index (χ4n) is 3.32. The van der Waals surface area contributed by atoms with Crippen molar-refractivity contribution in [3.05, 3.63) is 75.8 Å². The Bertz CT molecular complexity index is 1140. The number of nitrogens with zero attached hydrogens (tertiary/aromatic N) is 2. The number of fused-ring (bicyclic) bond motifs is 1. The molecule has 3 aromatic rings. The Morgan fingerprint density at radius 3 is 2.73 bits per heavy atom. The molecule has 0 aliphatic heterocycles. The van der Waals surface area contributed by atoms with E-state index in [1.807, 2.05) is 0 Å². The minimum atomic E-state index is -0.821. The molecule has 1 aromatic heterocycles. The first-order chi connectivity index (χ1) is 14.5. The van der Waals surface area contributed by atoms with Gasteiger partial charge in [-0.1, -0.05) is 50.5 Å². The maximum absolute atomic E-state index is 13.2. The van der Waals surface area contributed by atoms with E-state index in [-0.39, 0.29) is 11.3 Å². The molecule has 0 radical (unpaired) electrons. The molecule has 0 saturated heterocycles. The molecule has 0 bridgehead atoms. The lowest BCUT2D eigenvalue weighted by atomic mass is 10.1. The third-order valence-electron chi connectivity index (χ3n) is 4.84. The Kier molecular flexibility index (Phi) is 6.95. The van der Waals surface area contributed by atoms with Gasteiger partial charge in [0.1, 0.15) is 17.1 Å². The van der Waals surface area contributed by atoms with Gasteiger partial charge in [-0.05, 0) is 36.2 Å². The molecule has 0 aliphatic rings. The zero-order chi connectivity index (χ0) is 21.5. The van der Waals surface area contributed by atoms with Crippen molar-refractivity contribution < 1.29 is 14.3 Å². The van der Waals surface area contributed by atoms with Crippen molar-refractivity contribution in [2.45, 2.75) is 39.2 Å². The van der Waals surface area contributed by atoms with Crippen LogP contribution in [0.1, 0.15) is 48.5 Å². The fraction of sp³-hybridized carbons (Fsp3) is 0.261. The predicted molar refractivity (Wildman–Crippen MR) is 115 cm³/mol. The molecule has 1 heterocycles. The highest BCUT2D eigenvalue weighted by Gasteiger charge is 2.21. The molecule has 2 N–H and O–H groups in total. The monoisotopic (exact) mass is 409 g/mol. The highest BCUT2D eigenvalue weighted by molar-refractivity contribution is 6.02. The number of amides is 1. The maximum atomic E-state index is 13.2. The Morgan fingerprint density at radius 1 is 1.17 bits per heavy atom. The third kappa shape index (κ3) is 4.74. The summed E-state index contributed by atoms with van der Waals surface area (Å²) in [7, 11) is 0. The number of aryl methyl sites for hydroxylation is 1. The Labute approximate surface area is 173 Å². The van der Waals surface area contributed by atoms with Gasteiger partial charge in [-0.25, -0.2) is 9.82 Å². The van der Waals surface area contributed by atoms with Crippen molar-refractivity contribution in [2.75, 3.05) is 0 Å². The first-order valence-electron chi connectivity index (χ1n) is 9.96. The summed E-state index contributed by atoms with van der Waals surface area (Å²) in [6.07, 6.45) is 5.16. The summed E-state index contributed by atoms with van der Waals surface area (Å²) in [6, 6.07) is 12.6. The van der Waals surface area contributed by atoms with Gasteiger partial charge >= 0.3 is 0 Å². The van der Waals surface area contributed by atoms with Crippen LogP contribution in [0.3, 0.4) is 0 Å². The smallest absolute Gasteiger partial charge is 0.280 e. The normalized spacial score (nSPS) is 11.3. The predicted octanol–water partition coefficient (Wildman–Crippen LogP) is 4.19. The molecule has 3 rings (SSSR count). The number of carbonyl (C=O) groups is 1. The quantitative estimate of drug-likeness (QED) is 0.332. The summed E-state index contributed by atoms with van der Waals surface area (Å²) in [6.45, 7) is 2.56. The second-order valence-corrected chi connectivity index (χ2v) is 7.01. The second-order valence-electron chi connectivity index (χ2n) is 7.01. The van der Waals surface area contributed by atoms with E-state index in [1.165, 1.54) is 29.0 Å². The molecule has 2 aromatic carbocycles. The van der Waals surface area contributed by atoms with Crippen LogP contribution in [-0.4, -0.2) is 21.8 Å². The van der Waals surface area contributed by atoms with E-state index in [1.54, 1.807) is 30.3 Å². The van der Waals surface area contributed by atoms with Crippen LogP contribution in [0.2, 0.25) is 0 Å². The number of hydrogen-bond donors (Lipinski definition) is 2. The van der Waals surface area contributed by atoms with E-state index in [0.717, 1.165) is 25.7 Å². The van der Waals surface area contributed by atoms with Crippen molar-refractivity contribution >= 4 is 23.0 Å². The molecule has 156 valence electrons. The average molecular weight is 409 g/mol. The van der Waals surface area contributed by atoms with Gasteiger partial charge in [0.15, 0.2) is 0 Å². The number of hydrogen-bond acceptors (Lipinski definition) is 4. The summed E-state index contributed by atoms with van der Waals surface area (Å²) >= 11 is 0. The first kappa shape index (κ1) is 21.2. The van der Waals surface area contributed by atoms with Crippen LogP contribution < -0.4 is 11.0 Å². The van der Waals surface area contributed by atoms with E-state index in [2.05, 4.69) is 17.5 Å². The number of pyridine rings is 1. The Morgan fingerprint density at radius 2 is 1.97 bits per heavy atom. The lowest BCUT2D eigenvalue weighted by Gasteiger charge is -2.14. The van der Waals surface area contributed by atoms with Crippen LogP contribution in [0.4, 0.5) is 4.39 Å². The van der Waals surface area contributed by atoms with Crippen LogP contribution in [0, 0.1) is 5.82 Å². The van der Waals surface area contributed by atoms with Crippen molar-refractivity contribution in [3.8, 4) is 5.75 Å². The summed E-state index contributed by atoms with van der Waals surface area (Å²) < 4.78 is 14.8. The molecule has 6 nitrogen and oxygen atoms in total. The molecule has 0 atom stereocenters. The second kappa shape index (κ2) is 9.82. The number of aromatic nitrogens is 1. The largest absolute Gasteiger partial charge is 0.506 e. The number of aromatic hydroxyl groups is 1. The number of nitrogens with one attached hydrogen (secondary N) is 1. The molecule has 0 fully saturated rings. The summed E-state index contributed by atoms with van der Waals surface area (Å²) in [5.41, 5.74) is 2.35. The van der Waals surface area contributed by atoms with Crippen molar-refractivity contribution in [1.29, 1.82) is 0 Å². The molecular formula is C23H24FN3O3. The van der Waals surface area contributed by atoms with E-state index in [9.17, 15) is 19.1 Å². The van der Waals surface area contributed by atoms with E-state index < -0.39 is 17.3 Å². The zero-order valence-electron chi connectivity index (χ0n) is 16.8. The van der Waals surface area contributed by atoms with Gasteiger partial charge in [-0.3, -0.25) is 9.59 Å². The van der Waals surface area contributed by atoms with Gasteiger partial charge in [-0.15, -0.1) is 0 Å². The standard InChI is InChI=1S/C23H24FN3O3/c1-2-3-4-7-13-27-19-12-6-5-11-18(19)21(28)20(23(27)30)22(29)26-25-15-16-9-8-10-17(24)14-16/h5-6,8-12,14-15,28H,2-4,7,13H2,1H3,(H,26,29)/b25-15+. The van der Waals surface area contributed by atoms with E-state index >= 15 is 0 Å². The number of carbonyl (C=O) groups excluding carboxylic acids is 1. The summed E-state index contributed by atoms with van der Waals surface area (Å²) in [4.78, 5) is 25.7. The van der Waals surface area contributed by atoms with Gasteiger partial charge in [0, 0.05) is 11.9 Å². The number of rotatable bonds is 8. The highest BCUT2D eigenvalue weighted by atomic mass is 19.1. The van der Waals surface area contributed by atoms with Crippen LogP contribution in [-0.2, 0) is 6.54 Å². The lowest BCUT2D eigenvalue weighted by Crippen LogP contribution is -2.31. The first-order valence-corrected chi connectivity index (χ1v) is 9.96. The molecular weight excluding hydrogens is 385 g/mol. The van der Waals surface area contributed by atoms with Crippen LogP contribution in [0.15, 0.2) is 58.4 Å². The molecule has 0 aliphatic carbocycles. The van der Waals surface area contributed by atoms with Gasteiger partial charge in [0.2, 0.25) is 0 Å². The molecule has 30 heavy (non-hydrogen) atoms. The van der Waals surface area contributed by atoms with Gasteiger partial charge in [0.25, 0.3) is 11.5 Å². The minimum absolute atomic E-state index is 0.361. The van der Waals surface area contributed by atoms with Crippen molar-refractivity contribution in [3.63, 3.8) is 0 Å². The number of hydrazone groups is 1. The summed E-state index contributed by atoms with van der Waals surface area (Å²) in [5, 5.41) is 14.8. The maximum Gasteiger partial charge on any atom is 0.280 e. The Hall–Kier alpha value is -3.48. The van der Waals surface area contributed by atoms with E-state index in [4.69, 9.17) is 0 Å².